The molecule has 0 bridgehead atoms. The Bertz CT molecular complexity index is 1430. The van der Waals surface area contributed by atoms with Gasteiger partial charge in [-0.3, -0.25) is 9.59 Å². The van der Waals surface area contributed by atoms with Crippen LogP contribution in [-0.2, 0) is 28.5 Å². The van der Waals surface area contributed by atoms with Crippen LogP contribution in [0.25, 0.3) is 0 Å². The number of hydrogen-bond acceptors (Lipinski definition) is 16. The topological polar surface area (TPSA) is 273 Å². The molecule has 0 aromatic rings. The average Bonchev–Trinajstić information content (AvgIpc) is 3.17. The molecule has 0 aromatic heterocycles. The summed E-state index contributed by atoms with van der Waals surface area (Å²) in [6.07, 6.45) is -7.07. The highest BCUT2D eigenvalue weighted by molar-refractivity contribution is 5.86. The van der Waals surface area contributed by atoms with E-state index in [-0.39, 0.29) is 31.1 Å². The lowest BCUT2D eigenvalue weighted by Crippen LogP contribution is -2.59. The highest BCUT2D eigenvalue weighted by atomic mass is 16.7. The molecule has 1 saturated carbocycles. The van der Waals surface area contributed by atoms with Gasteiger partial charge < -0.3 is 70.0 Å². The fourth-order valence-electron chi connectivity index (χ4n) is 8.22. The Hall–Kier alpha value is -2.00. The highest BCUT2D eigenvalue weighted by Crippen LogP contribution is 2.55. The Morgan fingerprint density at radius 3 is 2.00 bits per heavy atom. The van der Waals surface area contributed by atoms with Crippen LogP contribution in [0.15, 0.2) is 34.4 Å². The van der Waals surface area contributed by atoms with Crippen LogP contribution in [0.1, 0.15) is 106 Å². The van der Waals surface area contributed by atoms with Gasteiger partial charge in [0.15, 0.2) is 18.4 Å². The molecule has 2 saturated heterocycles. The van der Waals surface area contributed by atoms with Gasteiger partial charge in [-0.25, -0.2) is 0 Å². The van der Waals surface area contributed by atoms with Crippen molar-refractivity contribution in [3.8, 4) is 0 Å². The van der Waals surface area contributed by atoms with Crippen LogP contribution >= 0.6 is 0 Å². The number of aliphatic hydroxyl groups is 10. The summed E-state index contributed by atoms with van der Waals surface area (Å²) in [5, 5.41) is 104. The first-order valence-electron chi connectivity index (χ1n) is 20.4. The van der Waals surface area contributed by atoms with E-state index in [4.69, 9.17) is 18.9 Å². The molecule has 0 amide bonds. The maximum atomic E-state index is 12.3. The van der Waals surface area contributed by atoms with Crippen molar-refractivity contribution < 1.29 is 79.6 Å². The van der Waals surface area contributed by atoms with Crippen LogP contribution in [0.3, 0.4) is 0 Å². The summed E-state index contributed by atoms with van der Waals surface area (Å²) < 4.78 is 23.1. The first-order valence-corrected chi connectivity index (χ1v) is 20.4. The minimum atomic E-state index is -1.64. The van der Waals surface area contributed by atoms with Crippen LogP contribution in [0.4, 0.5) is 0 Å². The molecule has 14 atom stereocenters. The summed E-state index contributed by atoms with van der Waals surface area (Å²) in [6.45, 7) is 10.9. The van der Waals surface area contributed by atoms with Crippen molar-refractivity contribution in [2.75, 3.05) is 19.8 Å². The fourth-order valence-corrected chi connectivity index (χ4v) is 8.22. The molecule has 2 aliphatic heterocycles. The average molecular weight is 831 g/mol. The smallest absolute Gasteiger partial charge is 0.187 e. The quantitative estimate of drug-likeness (QED) is 0.0349. The Kier molecular flexibility index (Phi) is 18.8. The van der Waals surface area contributed by atoms with Crippen LogP contribution in [-0.4, -0.2) is 162 Å². The molecule has 1 aliphatic carbocycles. The van der Waals surface area contributed by atoms with Crippen LogP contribution in [0.2, 0.25) is 0 Å². The standard InChI is InChI=1S/C42H70O16/c1-23(13-15-31(46)40(4,5)53)12-14-28(56-39-37(52)35(50)33(48)30(22-45)58-39)24(2)10-8-17-41(6)27(26(25(3)20-43)16-18-42(41,7)54)11-9-19-55-38-36(51)34(49)32(47)29(21-44)57-38/h10,12,20,27-30,32-39,44-45,47-54H,8-9,11,13-19,21-22H2,1-7H3/b23-12+,24-10+,26-25+/t27-,28+,29-,30-,32-,33-,34+,35+,36-,37-,38-,39-,41+,42-/m0/s1. The molecule has 16 heteroatoms. The molecular formula is C42H70O16. The van der Waals surface area contributed by atoms with Crippen LogP contribution < -0.4 is 0 Å². The van der Waals surface area contributed by atoms with Gasteiger partial charge in [-0.15, -0.1) is 0 Å². The molecule has 0 radical (unpaired) electrons. The zero-order valence-electron chi connectivity index (χ0n) is 35.1. The minimum absolute atomic E-state index is 0.0691. The summed E-state index contributed by atoms with van der Waals surface area (Å²) in [5.41, 5.74) is -0.313. The minimum Gasteiger partial charge on any atom is -0.394 e. The van der Waals surface area contributed by atoms with Crippen molar-refractivity contribution in [2.24, 2.45) is 11.3 Å². The van der Waals surface area contributed by atoms with Gasteiger partial charge in [-0.1, -0.05) is 30.2 Å². The molecule has 10 N–H and O–H groups in total. The number of carbonyl (C=O) groups excluding carboxylic acids is 2. The lowest BCUT2D eigenvalue weighted by atomic mass is 9.54. The molecule has 16 nitrogen and oxygen atoms in total. The lowest BCUT2D eigenvalue weighted by molar-refractivity contribution is -0.308. The number of allylic oxidation sites excluding steroid dienone is 4. The van der Waals surface area contributed by atoms with Crippen molar-refractivity contribution in [3.63, 3.8) is 0 Å². The zero-order valence-corrected chi connectivity index (χ0v) is 35.1. The van der Waals surface area contributed by atoms with E-state index in [1.54, 1.807) is 13.8 Å². The Morgan fingerprint density at radius 2 is 1.45 bits per heavy atom. The number of aldehydes is 1. The lowest BCUT2D eigenvalue weighted by Gasteiger charge is -2.53. The molecule has 0 spiro atoms. The Morgan fingerprint density at radius 1 is 0.879 bits per heavy atom. The molecule has 0 unspecified atom stereocenters. The normalized spacial score (nSPS) is 38.1. The van der Waals surface area contributed by atoms with E-state index >= 15 is 0 Å². The third kappa shape index (κ3) is 12.3. The van der Waals surface area contributed by atoms with Gasteiger partial charge in [-0.05, 0) is 110 Å². The second-order valence-corrected chi connectivity index (χ2v) is 17.4. The first-order chi connectivity index (χ1) is 27.0. The number of rotatable bonds is 20. The zero-order chi connectivity index (χ0) is 43.7. The molecule has 3 rings (SSSR count). The Balaban J connectivity index is 1.84. The van der Waals surface area contributed by atoms with Crippen molar-refractivity contribution in [1.29, 1.82) is 0 Å². The fraction of sp³-hybridized carbons (Fsp3) is 0.810. The van der Waals surface area contributed by atoms with E-state index in [9.17, 15) is 60.7 Å². The monoisotopic (exact) mass is 830 g/mol. The number of ketones is 1. The first kappa shape index (κ1) is 50.4. The third-order valence-corrected chi connectivity index (χ3v) is 12.6. The molecule has 3 aliphatic rings. The van der Waals surface area contributed by atoms with Crippen molar-refractivity contribution in [1.82, 2.24) is 0 Å². The van der Waals surface area contributed by atoms with Crippen molar-refractivity contribution in [3.05, 3.63) is 34.4 Å². The van der Waals surface area contributed by atoms with Gasteiger partial charge in [-0.2, -0.15) is 0 Å². The number of hydrogen-bond donors (Lipinski definition) is 10. The van der Waals surface area contributed by atoms with Gasteiger partial charge in [0, 0.05) is 18.4 Å². The maximum Gasteiger partial charge on any atom is 0.187 e. The third-order valence-electron chi connectivity index (χ3n) is 12.6. The Labute approximate surface area is 341 Å². The summed E-state index contributed by atoms with van der Waals surface area (Å²) in [4.78, 5) is 24.4. The number of Topliss-reactive ketones (excluding diaryl/α,β-unsaturated/α-hetero) is 1. The number of ether oxygens (including phenoxy) is 4. The maximum absolute atomic E-state index is 12.3. The van der Waals surface area contributed by atoms with E-state index in [1.807, 2.05) is 32.9 Å². The van der Waals surface area contributed by atoms with Crippen LogP contribution in [0.5, 0.6) is 0 Å². The summed E-state index contributed by atoms with van der Waals surface area (Å²) in [6, 6.07) is 0. The molecule has 334 valence electrons. The van der Waals surface area contributed by atoms with E-state index in [1.165, 1.54) is 13.8 Å². The molecule has 2 heterocycles. The largest absolute Gasteiger partial charge is 0.394 e. The number of aliphatic hydroxyl groups excluding tert-OH is 8. The predicted molar refractivity (Wildman–Crippen MR) is 210 cm³/mol. The van der Waals surface area contributed by atoms with E-state index in [0.29, 0.717) is 50.5 Å². The van der Waals surface area contributed by atoms with E-state index in [2.05, 4.69) is 0 Å². The molecule has 3 fully saturated rings. The van der Waals surface area contributed by atoms with Crippen molar-refractivity contribution in [2.45, 2.75) is 185 Å². The van der Waals surface area contributed by atoms with Gasteiger partial charge in [0.25, 0.3) is 0 Å². The van der Waals surface area contributed by atoms with Gasteiger partial charge >= 0.3 is 0 Å². The predicted octanol–water partition coefficient (Wildman–Crippen LogP) is 0.634. The summed E-state index contributed by atoms with van der Waals surface area (Å²) in [5.74, 6) is -0.578. The number of carbonyl (C=O) groups is 2. The van der Waals surface area contributed by atoms with Crippen molar-refractivity contribution >= 4 is 12.1 Å². The molecular weight excluding hydrogens is 760 g/mol. The van der Waals surface area contributed by atoms with Gasteiger partial charge in [0.2, 0.25) is 0 Å². The molecule has 0 aromatic carbocycles. The molecule has 58 heavy (non-hydrogen) atoms. The van der Waals surface area contributed by atoms with E-state index < -0.39 is 97.3 Å². The highest BCUT2D eigenvalue weighted by Gasteiger charge is 2.52. The second-order valence-electron chi connectivity index (χ2n) is 17.4. The summed E-state index contributed by atoms with van der Waals surface area (Å²) >= 11 is 0. The van der Waals surface area contributed by atoms with E-state index in [0.717, 1.165) is 23.0 Å². The summed E-state index contributed by atoms with van der Waals surface area (Å²) in [7, 11) is 0. The SMILES string of the molecule is C/C(=C\C[C@@H](O[C@H]1O[C@@H](CO)[C@H](O)[C@@H](O)[C@@H]1O)/C(C)=C/CC[C@]1(C)[C@@H](CCCO[C@H]2O[C@@H](CO)[C@H](O)[C@@H](O)[C@@H]2O)/C(=C(\C)C=O)CC[C@]1(C)O)CCC(=O)C(C)(C)O. The van der Waals surface area contributed by atoms with Crippen LogP contribution in [0, 0.1) is 11.3 Å². The van der Waals surface area contributed by atoms with Gasteiger partial charge in [0.05, 0.1) is 24.9 Å². The van der Waals surface area contributed by atoms with Gasteiger partial charge in [0.1, 0.15) is 60.7 Å². The second kappa shape index (κ2) is 21.7.